The molecule has 0 bridgehead atoms. The summed E-state index contributed by atoms with van der Waals surface area (Å²) in [6.07, 6.45) is -2.53. The van der Waals surface area contributed by atoms with E-state index in [0.29, 0.717) is 6.54 Å². The molecule has 2 amide bonds. The highest BCUT2D eigenvalue weighted by Gasteiger charge is 2.34. The Labute approximate surface area is 195 Å². The molecule has 0 fully saturated rings. The van der Waals surface area contributed by atoms with E-state index in [2.05, 4.69) is 9.88 Å². The van der Waals surface area contributed by atoms with Crippen molar-refractivity contribution in [1.82, 2.24) is 9.47 Å². The number of aromatic nitrogens is 1. The fourth-order valence-electron chi connectivity index (χ4n) is 4.53. The summed E-state index contributed by atoms with van der Waals surface area (Å²) in [6, 6.07) is 23.4. The number of carbonyl (C=O) groups is 1. The quantitative estimate of drug-likeness (QED) is 0.345. The molecule has 0 spiro atoms. The van der Waals surface area contributed by atoms with Crippen molar-refractivity contribution < 1.29 is 18.0 Å². The molecule has 1 aliphatic heterocycles. The summed E-state index contributed by atoms with van der Waals surface area (Å²) in [6.45, 7) is 2.28. The number of benzene rings is 3. The van der Waals surface area contributed by atoms with Crippen molar-refractivity contribution in [3.8, 4) is 5.69 Å². The van der Waals surface area contributed by atoms with Crippen molar-refractivity contribution in [2.75, 3.05) is 5.32 Å². The van der Waals surface area contributed by atoms with E-state index in [-0.39, 0.29) is 5.69 Å². The summed E-state index contributed by atoms with van der Waals surface area (Å²) in [5.41, 5.74) is 4.06. The second-order valence-corrected chi connectivity index (χ2v) is 8.33. The van der Waals surface area contributed by atoms with Crippen LogP contribution < -0.4 is 5.32 Å². The van der Waals surface area contributed by atoms with Crippen LogP contribution in [0.3, 0.4) is 0 Å². The van der Waals surface area contributed by atoms with Crippen LogP contribution >= 0.6 is 0 Å². The topological polar surface area (TPSA) is 37.3 Å². The molecule has 4 nitrogen and oxygen atoms in total. The lowest BCUT2D eigenvalue weighted by Gasteiger charge is -2.32. The Morgan fingerprint density at radius 2 is 1.71 bits per heavy atom. The standard InChI is InChI=1S/C27H22F3N3O/c1-18-8-2-4-12-22(18)25-24-14-7-15-32(24)23-13-5-3-9-19(23)17-33(25)26(34)31-21-11-6-10-20(16-21)27(28,29)30/h2-16,25H,17H2,1H3,(H,31,34). The number of carbonyl (C=O) groups excluding carboxylic acids is 1. The van der Waals surface area contributed by atoms with E-state index >= 15 is 0 Å². The van der Waals surface area contributed by atoms with Gasteiger partial charge in [0.25, 0.3) is 0 Å². The fraction of sp³-hybridized carbons (Fsp3) is 0.148. The summed E-state index contributed by atoms with van der Waals surface area (Å²) >= 11 is 0. The third-order valence-electron chi connectivity index (χ3n) is 6.15. The van der Waals surface area contributed by atoms with Gasteiger partial charge in [-0.25, -0.2) is 4.79 Å². The Balaban J connectivity index is 1.61. The molecule has 0 saturated carbocycles. The normalized spacial score (nSPS) is 15.3. The monoisotopic (exact) mass is 461 g/mol. The van der Waals surface area contributed by atoms with Crippen LogP contribution in [-0.4, -0.2) is 15.5 Å². The number of urea groups is 1. The molecule has 3 aromatic carbocycles. The molecule has 1 unspecified atom stereocenters. The first-order valence-electron chi connectivity index (χ1n) is 10.9. The predicted octanol–water partition coefficient (Wildman–Crippen LogP) is 6.94. The van der Waals surface area contributed by atoms with Crippen LogP contribution in [-0.2, 0) is 12.7 Å². The Hall–Kier alpha value is -4.00. The number of anilines is 1. The maximum Gasteiger partial charge on any atom is 0.416 e. The molecule has 0 radical (unpaired) electrons. The molecule has 1 N–H and O–H groups in total. The molecule has 34 heavy (non-hydrogen) atoms. The lowest BCUT2D eigenvalue weighted by molar-refractivity contribution is -0.137. The van der Waals surface area contributed by atoms with Gasteiger partial charge in [-0.2, -0.15) is 13.2 Å². The van der Waals surface area contributed by atoms with Crippen molar-refractivity contribution in [3.63, 3.8) is 0 Å². The third kappa shape index (κ3) is 3.94. The van der Waals surface area contributed by atoms with Gasteiger partial charge in [-0.3, -0.25) is 0 Å². The summed E-state index contributed by atoms with van der Waals surface area (Å²) in [7, 11) is 0. The molecule has 7 heteroatoms. The Kier molecular flexibility index (Phi) is 5.40. The van der Waals surface area contributed by atoms with Crippen LogP contribution in [0.5, 0.6) is 0 Å². The number of hydrogen-bond donors (Lipinski definition) is 1. The van der Waals surface area contributed by atoms with E-state index in [1.165, 1.54) is 12.1 Å². The highest BCUT2D eigenvalue weighted by atomic mass is 19.4. The van der Waals surface area contributed by atoms with Crippen LogP contribution in [0.2, 0.25) is 0 Å². The van der Waals surface area contributed by atoms with Crippen molar-refractivity contribution >= 4 is 11.7 Å². The fourth-order valence-corrected chi connectivity index (χ4v) is 4.53. The van der Waals surface area contributed by atoms with E-state index in [1.54, 1.807) is 4.90 Å². The number of hydrogen-bond acceptors (Lipinski definition) is 1. The molecule has 172 valence electrons. The Bertz CT molecular complexity index is 1360. The largest absolute Gasteiger partial charge is 0.416 e. The van der Waals surface area contributed by atoms with Gasteiger partial charge in [0.05, 0.1) is 17.8 Å². The first-order chi connectivity index (χ1) is 16.3. The summed E-state index contributed by atoms with van der Waals surface area (Å²) in [4.78, 5) is 15.3. The first kappa shape index (κ1) is 21.8. The number of amides is 2. The van der Waals surface area contributed by atoms with Crippen molar-refractivity contribution in [3.05, 3.63) is 119 Å². The zero-order valence-corrected chi connectivity index (χ0v) is 18.4. The van der Waals surface area contributed by atoms with Gasteiger partial charge in [-0.1, -0.05) is 48.5 Å². The van der Waals surface area contributed by atoms with Gasteiger partial charge in [0.2, 0.25) is 0 Å². The number of fused-ring (bicyclic) bond motifs is 3. The van der Waals surface area contributed by atoms with E-state index < -0.39 is 23.8 Å². The number of halogens is 3. The van der Waals surface area contributed by atoms with Gasteiger partial charge in [-0.15, -0.1) is 0 Å². The number of para-hydroxylation sites is 1. The molecule has 5 rings (SSSR count). The number of nitrogens with one attached hydrogen (secondary N) is 1. The van der Waals surface area contributed by atoms with Crippen molar-refractivity contribution in [1.29, 1.82) is 0 Å². The van der Waals surface area contributed by atoms with Gasteiger partial charge >= 0.3 is 12.2 Å². The number of rotatable bonds is 2. The molecule has 0 saturated heterocycles. The van der Waals surface area contributed by atoms with Crippen LogP contribution in [0.1, 0.15) is 34.0 Å². The van der Waals surface area contributed by atoms with Gasteiger partial charge in [0, 0.05) is 17.6 Å². The molecule has 1 atom stereocenters. The zero-order chi connectivity index (χ0) is 23.9. The molecule has 1 aromatic heterocycles. The molecular formula is C27H22F3N3O. The zero-order valence-electron chi connectivity index (χ0n) is 18.4. The number of nitrogens with zero attached hydrogens (tertiary/aromatic N) is 2. The summed E-state index contributed by atoms with van der Waals surface area (Å²) < 4.78 is 41.7. The number of alkyl halides is 3. The molecular weight excluding hydrogens is 439 g/mol. The molecule has 0 aliphatic carbocycles. The van der Waals surface area contributed by atoms with Crippen LogP contribution in [0.25, 0.3) is 5.69 Å². The van der Waals surface area contributed by atoms with Crippen LogP contribution in [0.4, 0.5) is 23.7 Å². The summed E-state index contributed by atoms with van der Waals surface area (Å²) in [5, 5.41) is 2.70. The second-order valence-electron chi connectivity index (χ2n) is 8.33. The lowest BCUT2D eigenvalue weighted by Crippen LogP contribution is -2.38. The minimum absolute atomic E-state index is 0.0938. The predicted molar refractivity (Wildman–Crippen MR) is 125 cm³/mol. The van der Waals surface area contributed by atoms with Crippen LogP contribution in [0.15, 0.2) is 91.1 Å². The Morgan fingerprint density at radius 1 is 0.941 bits per heavy atom. The minimum Gasteiger partial charge on any atom is -0.318 e. The minimum atomic E-state index is -4.49. The SMILES string of the molecule is Cc1ccccc1C1c2cccn2-c2ccccc2CN1C(=O)Nc1cccc(C(F)(F)F)c1. The molecule has 4 aromatic rings. The van der Waals surface area contributed by atoms with E-state index in [1.807, 2.05) is 73.8 Å². The summed E-state index contributed by atoms with van der Waals surface area (Å²) in [5.74, 6) is 0. The van der Waals surface area contributed by atoms with Gasteiger partial charge in [-0.05, 0) is 60.0 Å². The number of aryl methyl sites for hydroxylation is 1. The first-order valence-corrected chi connectivity index (χ1v) is 10.9. The highest BCUT2D eigenvalue weighted by molar-refractivity contribution is 5.90. The maximum atomic E-state index is 13.6. The average molecular weight is 461 g/mol. The van der Waals surface area contributed by atoms with Gasteiger partial charge in [0.15, 0.2) is 0 Å². The second kappa shape index (κ2) is 8.41. The smallest absolute Gasteiger partial charge is 0.318 e. The molecule has 2 heterocycles. The van der Waals surface area contributed by atoms with Crippen LogP contribution in [0, 0.1) is 6.92 Å². The Morgan fingerprint density at radius 3 is 2.50 bits per heavy atom. The van der Waals surface area contributed by atoms with E-state index in [4.69, 9.17) is 0 Å². The highest BCUT2D eigenvalue weighted by Crippen LogP contribution is 2.38. The lowest BCUT2D eigenvalue weighted by atomic mass is 9.97. The van der Waals surface area contributed by atoms with Gasteiger partial charge < -0.3 is 14.8 Å². The van der Waals surface area contributed by atoms with Crippen molar-refractivity contribution in [2.45, 2.75) is 25.7 Å². The third-order valence-corrected chi connectivity index (χ3v) is 6.15. The van der Waals surface area contributed by atoms with E-state index in [0.717, 1.165) is 40.2 Å². The van der Waals surface area contributed by atoms with Gasteiger partial charge in [0.1, 0.15) is 6.04 Å². The average Bonchev–Trinajstić information content (AvgIpc) is 3.24. The van der Waals surface area contributed by atoms with E-state index in [9.17, 15) is 18.0 Å². The van der Waals surface area contributed by atoms with Crippen molar-refractivity contribution in [2.24, 2.45) is 0 Å². The molecule has 1 aliphatic rings. The maximum absolute atomic E-state index is 13.6.